The molecule has 0 bridgehead atoms. The van der Waals surface area contributed by atoms with Crippen LogP contribution in [-0.4, -0.2) is 96.5 Å². The van der Waals surface area contributed by atoms with Crippen molar-refractivity contribution in [3.63, 3.8) is 0 Å². The van der Waals surface area contributed by atoms with Crippen LogP contribution in [0.3, 0.4) is 0 Å². The summed E-state index contributed by atoms with van der Waals surface area (Å²) < 4.78 is 12.2. The van der Waals surface area contributed by atoms with Gasteiger partial charge in [0, 0.05) is 11.8 Å². The summed E-state index contributed by atoms with van der Waals surface area (Å²) in [6, 6.07) is 0. The van der Waals surface area contributed by atoms with Crippen LogP contribution in [-0.2, 0) is 9.47 Å². The molecule has 5 saturated carbocycles. The van der Waals surface area contributed by atoms with E-state index in [1.54, 1.807) is 20.8 Å². The predicted molar refractivity (Wildman–Crippen MR) is 168 cm³/mol. The number of ether oxygens (including phenoxy) is 2. The van der Waals surface area contributed by atoms with Crippen molar-refractivity contribution in [3.8, 4) is 0 Å². The highest BCUT2D eigenvalue weighted by atomic mass is 16.7. The van der Waals surface area contributed by atoms with Crippen LogP contribution in [0.2, 0.25) is 0 Å². The first-order chi connectivity index (χ1) is 20.7. The van der Waals surface area contributed by atoms with Crippen LogP contribution in [0.5, 0.6) is 0 Å². The summed E-state index contributed by atoms with van der Waals surface area (Å²) in [5.74, 6) is 0.979. The fourth-order valence-electron chi connectivity index (χ4n) is 12.8. The second-order valence-corrected chi connectivity index (χ2v) is 18.3. The first kappa shape index (κ1) is 34.5. The number of fused-ring (bicyclic) bond motifs is 2. The van der Waals surface area contributed by atoms with E-state index in [2.05, 4.69) is 34.6 Å². The summed E-state index contributed by atoms with van der Waals surface area (Å²) in [6.45, 7) is 16.4. The van der Waals surface area contributed by atoms with Gasteiger partial charge in [-0.2, -0.15) is 0 Å². The lowest BCUT2D eigenvalue weighted by Crippen LogP contribution is -2.65. The van der Waals surface area contributed by atoms with Crippen molar-refractivity contribution < 1.29 is 45.2 Å². The third-order valence-corrected chi connectivity index (χ3v) is 15.6. The van der Waals surface area contributed by atoms with Gasteiger partial charge in [-0.1, -0.05) is 34.6 Å². The molecule has 0 radical (unpaired) electrons. The molecule has 7 N–H and O–H groups in total. The van der Waals surface area contributed by atoms with Crippen molar-refractivity contribution in [1.82, 2.24) is 0 Å². The number of aliphatic hydroxyl groups is 7. The van der Waals surface area contributed by atoms with Gasteiger partial charge in [-0.3, -0.25) is 0 Å². The first-order valence-corrected chi connectivity index (χ1v) is 17.8. The molecule has 2 spiro atoms. The van der Waals surface area contributed by atoms with E-state index >= 15 is 0 Å². The topological polar surface area (TPSA) is 160 Å². The number of hydrogen-bond donors (Lipinski definition) is 7. The maximum Gasteiger partial charge on any atom is 0.186 e. The van der Waals surface area contributed by atoms with Gasteiger partial charge in [0.05, 0.1) is 36.1 Å². The summed E-state index contributed by atoms with van der Waals surface area (Å²) in [4.78, 5) is 0. The van der Waals surface area contributed by atoms with E-state index in [4.69, 9.17) is 9.47 Å². The second kappa shape index (κ2) is 10.8. The SMILES string of the molecule is C[C@H](CC[C@@H](O)C(C)(C)O)[C@H]1CC[C@@]2(C)[C@@H]3[C@@H](O)C[C@H]4C(C)(C)[C@@H](O[C@@H]5O[C@@H](C)[C@H](O)[C@@H](O)[C@H]5O)C[C@H](O)[C@@]45C[C@@]35CC[C@]12C. The van der Waals surface area contributed by atoms with E-state index in [-0.39, 0.29) is 33.5 Å². The number of aliphatic hydroxyl groups excluding tert-OH is 6. The Kier molecular flexibility index (Phi) is 8.29. The Hall–Kier alpha value is -0.360. The average molecular weight is 639 g/mol. The van der Waals surface area contributed by atoms with E-state index in [0.717, 1.165) is 38.5 Å². The zero-order valence-corrected chi connectivity index (χ0v) is 28.8. The van der Waals surface area contributed by atoms with E-state index in [9.17, 15) is 35.7 Å². The fourth-order valence-corrected chi connectivity index (χ4v) is 12.8. The van der Waals surface area contributed by atoms with Crippen LogP contribution in [0.4, 0.5) is 0 Å². The Bertz CT molecular complexity index is 1120. The van der Waals surface area contributed by atoms with Gasteiger partial charge in [0.15, 0.2) is 6.29 Å². The zero-order valence-electron chi connectivity index (χ0n) is 28.8. The van der Waals surface area contributed by atoms with Gasteiger partial charge in [-0.25, -0.2) is 0 Å². The van der Waals surface area contributed by atoms with Gasteiger partial charge in [-0.15, -0.1) is 0 Å². The van der Waals surface area contributed by atoms with Crippen molar-refractivity contribution in [2.24, 2.45) is 50.7 Å². The molecule has 0 aromatic heterocycles. The monoisotopic (exact) mass is 638 g/mol. The zero-order chi connectivity index (χ0) is 33.3. The molecule has 1 aliphatic heterocycles. The summed E-state index contributed by atoms with van der Waals surface area (Å²) in [6.07, 6.45) is -0.643. The fraction of sp³-hybridized carbons (Fsp3) is 1.00. The minimum atomic E-state index is -1.40. The third-order valence-electron chi connectivity index (χ3n) is 15.6. The molecule has 0 aromatic carbocycles. The van der Waals surface area contributed by atoms with Crippen molar-refractivity contribution in [2.45, 2.75) is 174 Å². The highest BCUT2D eigenvalue weighted by Gasteiger charge is 2.86. The molecular formula is C36H62O9. The quantitative estimate of drug-likeness (QED) is 0.208. The average Bonchev–Trinajstić information content (AvgIpc) is 3.54. The molecule has 0 unspecified atom stereocenters. The normalized spacial score (nSPS) is 55.1. The van der Waals surface area contributed by atoms with Gasteiger partial charge >= 0.3 is 0 Å². The molecule has 6 fully saturated rings. The number of hydrogen-bond acceptors (Lipinski definition) is 9. The maximum atomic E-state index is 12.2. The Morgan fingerprint density at radius 3 is 2.20 bits per heavy atom. The molecule has 17 atom stereocenters. The minimum Gasteiger partial charge on any atom is -0.393 e. The largest absolute Gasteiger partial charge is 0.393 e. The summed E-state index contributed by atoms with van der Waals surface area (Å²) >= 11 is 0. The van der Waals surface area contributed by atoms with Crippen molar-refractivity contribution in [2.75, 3.05) is 0 Å². The van der Waals surface area contributed by atoms with Crippen LogP contribution < -0.4 is 0 Å². The molecule has 0 amide bonds. The Morgan fingerprint density at radius 1 is 0.889 bits per heavy atom. The van der Waals surface area contributed by atoms with E-state index < -0.39 is 66.1 Å². The molecule has 45 heavy (non-hydrogen) atoms. The molecule has 1 saturated heterocycles. The predicted octanol–water partition coefficient (Wildman–Crippen LogP) is 3.13. The molecule has 6 rings (SSSR count). The molecule has 1 heterocycles. The molecule has 0 aromatic rings. The Balaban J connectivity index is 1.23. The maximum absolute atomic E-state index is 12.2. The van der Waals surface area contributed by atoms with Gasteiger partial charge in [0.1, 0.15) is 18.3 Å². The standard InChI is InChI=1S/C36H62O9/c1-18(9-10-23(38)32(5,6)43)20-11-12-34(8)29-21(37)15-22-31(3,4)25(45-30-28(42)27(41)26(40)19(2)44-30)16-24(39)36(22)17-35(29,36)14-13-33(20,34)7/h18-30,37-43H,9-17H2,1-8H3/t18-,19+,20-,21+,22+,23-,24+,25+,26+,27-,28-,29+,30+,33-,34+,35+,36-/m1/s1. The second-order valence-electron chi connectivity index (χ2n) is 18.3. The highest BCUT2D eigenvalue weighted by molar-refractivity contribution is 5.34. The molecule has 9 heteroatoms. The Labute approximate surface area is 269 Å². The van der Waals surface area contributed by atoms with Crippen LogP contribution in [0.15, 0.2) is 0 Å². The summed E-state index contributed by atoms with van der Waals surface area (Å²) in [5.41, 5.74) is -2.00. The van der Waals surface area contributed by atoms with Crippen LogP contribution in [0.1, 0.15) is 113 Å². The van der Waals surface area contributed by atoms with Crippen LogP contribution in [0.25, 0.3) is 0 Å². The summed E-state index contributed by atoms with van der Waals surface area (Å²) in [7, 11) is 0. The minimum absolute atomic E-state index is 0.0195. The Morgan fingerprint density at radius 2 is 1.56 bits per heavy atom. The molecule has 9 nitrogen and oxygen atoms in total. The van der Waals surface area contributed by atoms with Crippen molar-refractivity contribution in [1.29, 1.82) is 0 Å². The third kappa shape index (κ3) is 4.64. The lowest BCUT2D eigenvalue weighted by Gasteiger charge is -2.65. The van der Waals surface area contributed by atoms with Crippen molar-refractivity contribution >= 4 is 0 Å². The van der Waals surface area contributed by atoms with Gasteiger partial charge in [0.25, 0.3) is 0 Å². The first-order valence-electron chi connectivity index (χ1n) is 17.8. The van der Waals surface area contributed by atoms with Gasteiger partial charge in [-0.05, 0) is 117 Å². The van der Waals surface area contributed by atoms with Gasteiger partial charge < -0.3 is 45.2 Å². The molecule has 6 aliphatic rings. The molecule has 5 aliphatic carbocycles. The summed E-state index contributed by atoms with van der Waals surface area (Å²) in [5, 5.41) is 76.4. The van der Waals surface area contributed by atoms with Crippen LogP contribution in [0, 0.1) is 50.7 Å². The smallest absolute Gasteiger partial charge is 0.186 e. The van der Waals surface area contributed by atoms with Gasteiger partial charge in [0.2, 0.25) is 0 Å². The van der Waals surface area contributed by atoms with E-state index in [1.807, 2.05) is 0 Å². The highest BCUT2D eigenvalue weighted by Crippen LogP contribution is 2.89. The van der Waals surface area contributed by atoms with Crippen LogP contribution >= 0.6 is 0 Å². The molecule has 260 valence electrons. The lowest BCUT2D eigenvalue weighted by atomic mass is 9.40. The van der Waals surface area contributed by atoms with E-state index in [0.29, 0.717) is 31.1 Å². The number of rotatable bonds is 7. The molecular weight excluding hydrogens is 576 g/mol. The van der Waals surface area contributed by atoms with E-state index in [1.165, 1.54) is 0 Å². The lowest BCUT2D eigenvalue weighted by molar-refractivity contribution is -0.327. The van der Waals surface area contributed by atoms with Crippen molar-refractivity contribution in [3.05, 3.63) is 0 Å².